The van der Waals surface area contributed by atoms with Crippen molar-refractivity contribution in [3.63, 3.8) is 0 Å². The summed E-state index contributed by atoms with van der Waals surface area (Å²) >= 11 is 6.64. The van der Waals surface area contributed by atoms with Crippen molar-refractivity contribution >= 4 is 17.7 Å². The van der Waals surface area contributed by atoms with Gasteiger partial charge >= 0.3 is 12.3 Å². The number of carbonyl (C=O) groups excluding carboxylic acids is 1. The van der Waals surface area contributed by atoms with Crippen LogP contribution in [0.4, 0.5) is 18.0 Å². The van der Waals surface area contributed by atoms with Crippen LogP contribution in [0.1, 0.15) is 12.6 Å². The highest BCUT2D eigenvalue weighted by Gasteiger charge is 2.40. The lowest BCUT2D eigenvalue weighted by Crippen LogP contribution is -2.38. The van der Waals surface area contributed by atoms with Gasteiger partial charge in [-0.05, 0) is 19.1 Å². The van der Waals surface area contributed by atoms with E-state index < -0.39 is 24.1 Å². The second-order valence-electron chi connectivity index (χ2n) is 8.81. The predicted molar refractivity (Wildman–Crippen MR) is 133 cm³/mol. The maximum atomic E-state index is 14.1. The molecule has 2 aromatic heterocycles. The molecule has 0 saturated carbocycles. The van der Waals surface area contributed by atoms with Crippen molar-refractivity contribution in [1.29, 1.82) is 0 Å². The number of morpholine rings is 1. The van der Waals surface area contributed by atoms with Gasteiger partial charge < -0.3 is 19.3 Å². The Labute approximate surface area is 222 Å². The standard InChI is InChI=1S/C25H28ClF3N4O5/c1-16(34)14-33-23(25(27,28)29)19(13-30-33)20-12-17(15-32(20)24(35)36-2)18-4-3-5-21(22(18)26)38-11-8-31-6-9-37-10-7-31/h3-5,12-13,15-16,34H,6-11,14H2,1-2H3/t16-/m0/s1. The summed E-state index contributed by atoms with van der Waals surface area (Å²) in [6, 6.07) is 6.50. The Kier molecular flexibility index (Phi) is 8.66. The zero-order valence-electron chi connectivity index (χ0n) is 20.9. The molecule has 0 spiro atoms. The van der Waals surface area contributed by atoms with Crippen LogP contribution in [0.2, 0.25) is 5.02 Å². The number of aliphatic hydroxyl groups excluding tert-OH is 1. The molecule has 0 amide bonds. The van der Waals surface area contributed by atoms with Crippen molar-refractivity contribution in [1.82, 2.24) is 19.2 Å². The average Bonchev–Trinajstić information content (AvgIpc) is 3.49. The molecule has 13 heteroatoms. The Hall–Kier alpha value is -3.06. The molecule has 1 aliphatic heterocycles. The summed E-state index contributed by atoms with van der Waals surface area (Å²) in [4.78, 5) is 14.8. The third kappa shape index (κ3) is 6.15. The van der Waals surface area contributed by atoms with Crippen LogP contribution in [0.3, 0.4) is 0 Å². The number of halogens is 4. The highest BCUT2D eigenvalue weighted by Crippen LogP contribution is 2.41. The normalized spacial score (nSPS) is 15.4. The fraction of sp³-hybridized carbons (Fsp3) is 0.440. The van der Waals surface area contributed by atoms with Crippen LogP contribution in [0.25, 0.3) is 22.4 Å². The molecule has 206 valence electrons. The molecule has 4 rings (SSSR count). The molecule has 1 atom stereocenters. The quantitative estimate of drug-likeness (QED) is 0.440. The van der Waals surface area contributed by atoms with Gasteiger partial charge in [0.15, 0.2) is 5.69 Å². The molecule has 0 bridgehead atoms. The molecule has 9 nitrogen and oxygen atoms in total. The lowest BCUT2D eigenvalue weighted by atomic mass is 10.1. The molecule has 1 saturated heterocycles. The number of aliphatic hydroxyl groups is 1. The number of aromatic nitrogens is 3. The summed E-state index contributed by atoms with van der Waals surface area (Å²) in [5.74, 6) is 0.408. The Morgan fingerprint density at radius 1 is 1.26 bits per heavy atom. The first-order valence-electron chi connectivity index (χ1n) is 11.9. The van der Waals surface area contributed by atoms with Gasteiger partial charge in [-0.25, -0.2) is 4.79 Å². The Morgan fingerprint density at radius 2 is 2.00 bits per heavy atom. The number of benzene rings is 1. The third-order valence-electron chi connectivity index (χ3n) is 6.06. The average molecular weight is 557 g/mol. The number of alkyl halides is 3. The molecular formula is C25H28ClF3N4O5. The van der Waals surface area contributed by atoms with Crippen LogP contribution in [0.5, 0.6) is 5.75 Å². The maximum absolute atomic E-state index is 14.1. The minimum absolute atomic E-state index is 0.0919. The van der Waals surface area contributed by atoms with E-state index in [2.05, 4.69) is 10.00 Å². The highest BCUT2D eigenvalue weighted by molar-refractivity contribution is 6.34. The summed E-state index contributed by atoms with van der Waals surface area (Å²) in [6.45, 7) is 5.01. The summed E-state index contributed by atoms with van der Waals surface area (Å²) in [5, 5.41) is 13.7. The molecule has 0 aliphatic carbocycles. The molecule has 3 heterocycles. The molecule has 1 aromatic carbocycles. The number of rotatable bonds is 8. The summed E-state index contributed by atoms with van der Waals surface area (Å²) in [7, 11) is 1.13. The van der Waals surface area contributed by atoms with Gasteiger partial charge in [0.2, 0.25) is 0 Å². The van der Waals surface area contributed by atoms with Gasteiger partial charge in [0.1, 0.15) is 12.4 Å². The Morgan fingerprint density at radius 3 is 2.66 bits per heavy atom. The van der Waals surface area contributed by atoms with Crippen molar-refractivity contribution < 1.29 is 37.3 Å². The number of hydrogen-bond acceptors (Lipinski definition) is 7. The van der Waals surface area contributed by atoms with E-state index >= 15 is 0 Å². The molecule has 1 fully saturated rings. The fourth-order valence-electron chi connectivity index (χ4n) is 4.28. The fourth-order valence-corrected chi connectivity index (χ4v) is 4.57. The third-order valence-corrected chi connectivity index (χ3v) is 6.45. The van der Waals surface area contributed by atoms with Crippen molar-refractivity contribution in [3.05, 3.63) is 47.4 Å². The van der Waals surface area contributed by atoms with E-state index in [-0.39, 0.29) is 22.8 Å². The van der Waals surface area contributed by atoms with Crippen molar-refractivity contribution in [2.75, 3.05) is 46.6 Å². The van der Waals surface area contributed by atoms with E-state index in [1.165, 1.54) is 19.2 Å². The topological polar surface area (TPSA) is 91.0 Å². The minimum Gasteiger partial charge on any atom is -0.491 e. The monoisotopic (exact) mass is 556 g/mol. The van der Waals surface area contributed by atoms with Crippen LogP contribution in [-0.4, -0.2) is 83.1 Å². The molecular weight excluding hydrogens is 529 g/mol. The van der Waals surface area contributed by atoms with Gasteiger partial charge in [-0.3, -0.25) is 14.1 Å². The smallest absolute Gasteiger partial charge is 0.433 e. The summed E-state index contributed by atoms with van der Waals surface area (Å²) in [5.41, 5.74) is -0.691. The molecule has 0 unspecified atom stereocenters. The first kappa shape index (κ1) is 28.0. The zero-order valence-corrected chi connectivity index (χ0v) is 21.6. The summed E-state index contributed by atoms with van der Waals surface area (Å²) < 4.78 is 59.9. The number of nitrogens with zero attached hydrogens (tertiary/aromatic N) is 4. The highest BCUT2D eigenvalue weighted by atomic mass is 35.5. The second-order valence-corrected chi connectivity index (χ2v) is 9.19. The second kappa shape index (κ2) is 11.8. The van der Waals surface area contributed by atoms with Gasteiger partial charge in [0, 0.05) is 42.5 Å². The van der Waals surface area contributed by atoms with Crippen LogP contribution in [0.15, 0.2) is 36.7 Å². The van der Waals surface area contributed by atoms with Gasteiger partial charge in [-0.15, -0.1) is 0 Å². The van der Waals surface area contributed by atoms with Crippen molar-refractivity contribution in [2.45, 2.75) is 25.7 Å². The van der Waals surface area contributed by atoms with E-state index in [1.54, 1.807) is 18.2 Å². The lowest BCUT2D eigenvalue weighted by Gasteiger charge is -2.26. The Bertz CT molecular complexity index is 1270. The first-order valence-corrected chi connectivity index (χ1v) is 12.3. The first-order chi connectivity index (χ1) is 18.1. The number of carbonyl (C=O) groups is 1. The van der Waals surface area contributed by atoms with Gasteiger partial charge in [0.25, 0.3) is 0 Å². The minimum atomic E-state index is -4.81. The number of hydrogen-bond donors (Lipinski definition) is 1. The maximum Gasteiger partial charge on any atom is 0.433 e. The molecule has 38 heavy (non-hydrogen) atoms. The molecule has 3 aromatic rings. The largest absolute Gasteiger partial charge is 0.491 e. The molecule has 1 aliphatic rings. The SMILES string of the molecule is COC(=O)n1cc(-c2cccc(OCCN3CCOCC3)c2Cl)cc1-c1cnn(C[C@H](C)O)c1C(F)(F)F. The molecule has 0 radical (unpaired) electrons. The summed E-state index contributed by atoms with van der Waals surface area (Å²) in [6.07, 6.45) is -4.41. The Balaban J connectivity index is 1.69. The van der Waals surface area contributed by atoms with Crippen LogP contribution < -0.4 is 4.74 Å². The van der Waals surface area contributed by atoms with Crippen LogP contribution in [-0.2, 0) is 22.2 Å². The van der Waals surface area contributed by atoms with Crippen LogP contribution in [0, 0.1) is 0 Å². The van der Waals surface area contributed by atoms with E-state index in [0.717, 1.165) is 31.0 Å². The van der Waals surface area contributed by atoms with Gasteiger partial charge in [0.05, 0.1) is 49.9 Å². The number of methoxy groups -OCH3 is 1. The van der Waals surface area contributed by atoms with Crippen LogP contribution >= 0.6 is 11.6 Å². The van der Waals surface area contributed by atoms with Gasteiger partial charge in [-0.2, -0.15) is 18.3 Å². The van der Waals surface area contributed by atoms with E-state index in [1.807, 2.05) is 0 Å². The predicted octanol–water partition coefficient (Wildman–Crippen LogP) is 4.40. The number of ether oxygens (including phenoxy) is 3. The van der Waals surface area contributed by atoms with E-state index in [9.17, 15) is 23.1 Å². The molecule has 1 N–H and O–H groups in total. The van der Waals surface area contributed by atoms with Gasteiger partial charge in [-0.1, -0.05) is 23.7 Å². The van der Waals surface area contributed by atoms with E-state index in [4.69, 9.17) is 25.8 Å². The van der Waals surface area contributed by atoms with E-state index in [0.29, 0.717) is 47.9 Å². The zero-order chi connectivity index (χ0) is 27.4. The van der Waals surface area contributed by atoms with Crippen molar-refractivity contribution in [2.24, 2.45) is 0 Å². The van der Waals surface area contributed by atoms with Crippen molar-refractivity contribution in [3.8, 4) is 28.1 Å². The lowest BCUT2D eigenvalue weighted by molar-refractivity contribution is -0.144.